The Morgan fingerprint density at radius 3 is 2.44 bits per heavy atom. The number of methoxy groups -OCH3 is 1. The Bertz CT molecular complexity index is 404. The summed E-state index contributed by atoms with van der Waals surface area (Å²) in [6, 6.07) is 3.11. The lowest BCUT2D eigenvalue weighted by Crippen LogP contribution is -2.32. The highest BCUT2D eigenvalue weighted by Gasteiger charge is 2.09. The molecule has 0 aromatic heterocycles. The summed E-state index contributed by atoms with van der Waals surface area (Å²) in [6.07, 6.45) is 0. The second kappa shape index (κ2) is 7.69. The predicted octanol–water partition coefficient (Wildman–Crippen LogP) is 2.82. The fraction of sp³-hybridized carbons (Fsp3) is 0.364. The Balaban J connectivity index is 2.51. The lowest BCUT2D eigenvalue weighted by molar-refractivity contribution is -0.119. The van der Waals surface area contributed by atoms with Crippen molar-refractivity contribution in [2.75, 3.05) is 32.1 Å². The monoisotopic (exact) mass is 310 g/mol. The molecular weight excluding hydrogens is 298 g/mol. The smallest absolute Gasteiger partial charge is 0.239 e. The van der Waals surface area contributed by atoms with Crippen LogP contribution in [0.3, 0.4) is 0 Å². The van der Waals surface area contributed by atoms with Gasteiger partial charge in [-0.3, -0.25) is 4.79 Å². The Hall–Kier alpha value is -0.680. The normalized spacial score (nSPS) is 10.2. The summed E-state index contributed by atoms with van der Waals surface area (Å²) in [7, 11) is 1.57. The number of benzene rings is 1. The van der Waals surface area contributed by atoms with E-state index in [1.165, 1.54) is 0 Å². The van der Waals surface area contributed by atoms with Crippen molar-refractivity contribution >= 4 is 46.4 Å². The molecular formula is C11H13Cl3N2O2. The fourth-order valence-corrected chi connectivity index (χ4v) is 2.19. The van der Waals surface area contributed by atoms with Crippen LogP contribution in [0.2, 0.25) is 15.1 Å². The van der Waals surface area contributed by atoms with E-state index in [2.05, 4.69) is 10.6 Å². The van der Waals surface area contributed by atoms with Gasteiger partial charge in [-0.05, 0) is 12.1 Å². The van der Waals surface area contributed by atoms with Crippen LogP contribution in [0.1, 0.15) is 0 Å². The summed E-state index contributed by atoms with van der Waals surface area (Å²) >= 11 is 17.7. The molecule has 0 saturated carbocycles. The zero-order valence-corrected chi connectivity index (χ0v) is 12.0. The summed E-state index contributed by atoms with van der Waals surface area (Å²) in [5.41, 5.74) is 0.490. The van der Waals surface area contributed by atoms with Crippen LogP contribution in [0.15, 0.2) is 12.1 Å². The van der Waals surface area contributed by atoms with Crippen molar-refractivity contribution in [2.45, 2.75) is 0 Å². The number of rotatable bonds is 6. The minimum absolute atomic E-state index is 0.0742. The molecule has 7 heteroatoms. The molecule has 1 amide bonds. The van der Waals surface area contributed by atoms with E-state index < -0.39 is 0 Å². The zero-order valence-electron chi connectivity index (χ0n) is 9.73. The molecule has 0 radical (unpaired) electrons. The van der Waals surface area contributed by atoms with Gasteiger partial charge in [-0.2, -0.15) is 0 Å². The van der Waals surface area contributed by atoms with Crippen molar-refractivity contribution in [2.24, 2.45) is 0 Å². The van der Waals surface area contributed by atoms with Crippen LogP contribution in [0, 0.1) is 0 Å². The first-order chi connectivity index (χ1) is 8.54. The van der Waals surface area contributed by atoms with Crippen LogP contribution in [0.4, 0.5) is 5.69 Å². The second-order valence-electron chi connectivity index (χ2n) is 3.44. The van der Waals surface area contributed by atoms with Gasteiger partial charge in [0.1, 0.15) is 0 Å². The molecule has 2 N–H and O–H groups in total. The molecule has 18 heavy (non-hydrogen) atoms. The van der Waals surface area contributed by atoms with E-state index in [1.54, 1.807) is 19.2 Å². The number of carbonyl (C=O) groups is 1. The predicted molar refractivity (Wildman–Crippen MR) is 74.8 cm³/mol. The number of nitrogens with one attached hydrogen (secondary N) is 2. The first-order valence-corrected chi connectivity index (χ1v) is 6.32. The maximum absolute atomic E-state index is 11.4. The molecule has 1 rings (SSSR count). The first kappa shape index (κ1) is 15.4. The molecule has 0 unspecified atom stereocenters. The van der Waals surface area contributed by atoms with Crippen LogP contribution in [-0.2, 0) is 9.53 Å². The summed E-state index contributed by atoms with van der Waals surface area (Å²) in [5.74, 6) is -0.172. The van der Waals surface area contributed by atoms with E-state index in [9.17, 15) is 4.79 Å². The van der Waals surface area contributed by atoms with E-state index in [0.29, 0.717) is 33.9 Å². The number of carbonyl (C=O) groups excluding carboxylic acids is 1. The third-order valence-corrected chi connectivity index (χ3v) is 2.88. The SMILES string of the molecule is COCCNC(=O)CNc1c(Cl)cc(Cl)cc1Cl. The molecule has 0 aliphatic heterocycles. The Morgan fingerprint density at radius 1 is 1.28 bits per heavy atom. The van der Waals surface area contributed by atoms with Crippen molar-refractivity contribution in [3.63, 3.8) is 0 Å². The van der Waals surface area contributed by atoms with E-state index in [0.717, 1.165) is 0 Å². The number of halogens is 3. The van der Waals surface area contributed by atoms with Crippen LogP contribution >= 0.6 is 34.8 Å². The van der Waals surface area contributed by atoms with Crippen molar-refractivity contribution in [1.29, 1.82) is 0 Å². The molecule has 1 aromatic carbocycles. The van der Waals surface area contributed by atoms with Gasteiger partial charge in [-0.15, -0.1) is 0 Å². The lowest BCUT2D eigenvalue weighted by Gasteiger charge is -2.11. The van der Waals surface area contributed by atoms with Crippen LogP contribution in [0.5, 0.6) is 0 Å². The standard InChI is InChI=1S/C11H13Cl3N2O2/c1-18-3-2-15-10(17)6-16-11-8(13)4-7(12)5-9(11)14/h4-5,16H,2-3,6H2,1H3,(H,15,17). The third-order valence-electron chi connectivity index (χ3n) is 2.06. The topological polar surface area (TPSA) is 50.4 Å². The number of anilines is 1. The van der Waals surface area contributed by atoms with Gasteiger partial charge in [0.15, 0.2) is 0 Å². The molecule has 4 nitrogen and oxygen atoms in total. The second-order valence-corrected chi connectivity index (χ2v) is 4.69. The lowest BCUT2D eigenvalue weighted by atomic mass is 10.3. The maximum Gasteiger partial charge on any atom is 0.239 e. The highest BCUT2D eigenvalue weighted by Crippen LogP contribution is 2.33. The highest BCUT2D eigenvalue weighted by atomic mass is 35.5. The average molecular weight is 312 g/mol. The van der Waals surface area contributed by atoms with Crippen molar-refractivity contribution in [1.82, 2.24) is 5.32 Å². The number of hydrogen-bond donors (Lipinski definition) is 2. The molecule has 0 atom stereocenters. The Kier molecular flexibility index (Phi) is 6.57. The van der Waals surface area contributed by atoms with Gasteiger partial charge in [0.05, 0.1) is 28.9 Å². The summed E-state index contributed by atoms with van der Waals surface area (Å²) in [5, 5.41) is 6.71. The molecule has 1 aromatic rings. The summed E-state index contributed by atoms with van der Waals surface area (Å²) in [4.78, 5) is 11.4. The number of ether oxygens (including phenoxy) is 1. The van der Waals surface area contributed by atoms with E-state index in [1.807, 2.05) is 0 Å². The third kappa shape index (κ3) is 4.90. The van der Waals surface area contributed by atoms with E-state index in [4.69, 9.17) is 39.5 Å². The number of amides is 1. The molecule has 0 bridgehead atoms. The largest absolute Gasteiger partial charge is 0.383 e. The summed E-state index contributed by atoms with van der Waals surface area (Å²) < 4.78 is 4.81. The van der Waals surface area contributed by atoms with Gasteiger partial charge in [-0.25, -0.2) is 0 Å². The van der Waals surface area contributed by atoms with Gasteiger partial charge in [-0.1, -0.05) is 34.8 Å². The molecule has 0 heterocycles. The van der Waals surface area contributed by atoms with Crippen LogP contribution in [0.25, 0.3) is 0 Å². The van der Waals surface area contributed by atoms with E-state index >= 15 is 0 Å². The van der Waals surface area contributed by atoms with Gasteiger partial charge < -0.3 is 15.4 Å². The van der Waals surface area contributed by atoms with Crippen molar-refractivity contribution in [3.8, 4) is 0 Å². The Morgan fingerprint density at radius 2 is 1.89 bits per heavy atom. The van der Waals surface area contributed by atoms with Gasteiger partial charge in [0.25, 0.3) is 0 Å². The minimum Gasteiger partial charge on any atom is -0.383 e. The molecule has 100 valence electrons. The highest BCUT2D eigenvalue weighted by molar-refractivity contribution is 6.41. The Labute approximate surface area is 121 Å². The van der Waals surface area contributed by atoms with Crippen LogP contribution in [-0.4, -0.2) is 32.7 Å². The first-order valence-electron chi connectivity index (χ1n) is 5.18. The molecule has 0 aliphatic carbocycles. The average Bonchev–Trinajstić information content (AvgIpc) is 2.27. The van der Waals surface area contributed by atoms with Gasteiger partial charge in [0, 0.05) is 18.7 Å². The van der Waals surface area contributed by atoms with Crippen molar-refractivity contribution in [3.05, 3.63) is 27.2 Å². The molecule has 0 spiro atoms. The minimum atomic E-state index is -0.172. The fourth-order valence-electron chi connectivity index (χ4n) is 1.23. The zero-order chi connectivity index (χ0) is 13.5. The van der Waals surface area contributed by atoms with Crippen molar-refractivity contribution < 1.29 is 9.53 Å². The molecule has 0 fully saturated rings. The van der Waals surface area contributed by atoms with E-state index in [-0.39, 0.29) is 12.5 Å². The quantitative estimate of drug-likeness (QED) is 0.794. The maximum atomic E-state index is 11.4. The summed E-state index contributed by atoms with van der Waals surface area (Å²) in [6.45, 7) is 0.998. The van der Waals surface area contributed by atoms with Crippen LogP contribution < -0.4 is 10.6 Å². The number of hydrogen-bond acceptors (Lipinski definition) is 3. The van der Waals surface area contributed by atoms with Gasteiger partial charge >= 0.3 is 0 Å². The van der Waals surface area contributed by atoms with Gasteiger partial charge in [0.2, 0.25) is 5.91 Å². The molecule has 0 saturated heterocycles. The molecule has 0 aliphatic rings.